The summed E-state index contributed by atoms with van der Waals surface area (Å²) in [6, 6.07) is 8.30. The molecular weight excluding hydrogens is 288 g/mol. The van der Waals surface area contributed by atoms with Crippen LogP contribution in [0.3, 0.4) is 0 Å². The molecule has 23 heavy (non-hydrogen) atoms. The molecular formula is C20H32O3. The van der Waals surface area contributed by atoms with Crippen molar-refractivity contribution in [2.45, 2.75) is 65.7 Å². The number of aliphatic carboxylic acids is 1. The molecule has 0 aliphatic heterocycles. The van der Waals surface area contributed by atoms with Crippen LogP contribution in [0.4, 0.5) is 0 Å². The summed E-state index contributed by atoms with van der Waals surface area (Å²) < 4.78 is 5.24. The topological polar surface area (TPSA) is 46.5 Å². The molecule has 0 fully saturated rings. The smallest absolute Gasteiger partial charge is 0.303 e. The van der Waals surface area contributed by atoms with Gasteiger partial charge in [-0.05, 0) is 61.1 Å². The number of rotatable bonds is 11. The van der Waals surface area contributed by atoms with E-state index in [1.807, 2.05) is 12.1 Å². The minimum Gasteiger partial charge on any atom is -0.497 e. The second-order valence-electron chi connectivity index (χ2n) is 7.12. The van der Waals surface area contributed by atoms with Crippen LogP contribution in [-0.4, -0.2) is 18.2 Å². The summed E-state index contributed by atoms with van der Waals surface area (Å²) in [6.07, 6.45) is 6.46. The lowest BCUT2D eigenvalue weighted by molar-refractivity contribution is -0.137. The molecule has 1 atom stereocenters. The van der Waals surface area contributed by atoms with E-state index in [0.717, 1.165) is 44.3 Å². The Morgan fingerprint density at radius 1 is 1.22 bits per heavy atom. The van der Waals surface area contributed by atoms with Crippen molar-refractivity contribution < 1.29 is 14.6 Å². The largest absolute Gasteiger partial charge is 0.497 e. The molecule has 0 radical (unpaired) electrons. The summed E-state index contributed by atoms with van der Waals surface area (Å²) in [5, 5.41) is 8.96. The zero-order valence-corrected chi connectivity index (χ0v) is 15.1. The van der Waals surface area contributed by atoms with Gasteiger partial charge in [0.05, 0.1) is 7.11 Å². The van der Waals surface area contributed by atoms with Crippen LogP contribution < -0.4 is 4.74 Å². The van der Waals surface area contributed by atoms with Gasteiger partial charge in [0.25, 0.3) is 0 Å². The van der Waals surface area contributed by atoms with Gasteiger partial charge in [0.15, 0.2) is 0 Å². The van der Waals surface area contributed by atoms with Crippen molar-refractivity contribution in [1.29, 1.82) is 0 Å². The van der Waals surface area contributed by atoms with Crippen molar-refractivity contribution in [3.05, 3.63) is 29.8 Å². The van der Waals surface area contributed by atoms with Crippen molar-refractivity contribution >= 4 is 5.97 Å². The van der Waals surface area contributed by atoms with Crippen LogP contribution in [-0.2, 0) is 11.2 Å². The molecule has 0 aromatic heterocycles. The Bertz CT molecular complexity index is 464. The fourth-order valence-corrected chi connectivity index (χ4v) is 3.77. The first-order valence-corrected chi connectivity index (χ1v) is 8.75. The van der Waals surface area contributed by atoms with E-state index in [0.29, 0.717) is 5.92 Å². The van der Waals surface area contributed by atoms with E-state index in [-0.39, 0.29) is 11.8 Å². The Labute approximate surface area is 141 Å². The molecule has 0 bridgehead atoms. The van der Waals surface area contributed by atoms with Gasteiger partial charge in [-0.1, -0.05) is 39.3 Å². The Kier molecular flexibility index (Phi) is 8.15. The molecule has 130 valence electrons. The highest BCUT2D eigenvalue weighted by molar-refractivity contribution is 5.66. The molecule has 3 nitrogen and oxygen atoms in total. The van der Waals surface area contributed by atoms with E-state index in [2.05, 4.69) is 32.9 Å². The highest BCUT2D eigenvalue weighted by Gasteiger charge is 2.30. The van der Waals surface area contributed by atoms with Gasteiger partial charge in [-0.25, -0.2) is 0 Å². The number of methoxy groups -OCH3 is 1. The highest BCUT2D eigenvalue weighted by Crippen LogP contribution is 2.40. The van der Waals surface area contributed by atoms with Gasteiger partial charge in [0, 0.05) is 6.42 Å². The molecule has 0 spiro atoms. The third-order valence-electron chi connectivity index (χ3n) is 4.46. The number of carboxylic acid groups (broad SMARTS) is 1. The van der Waals surface area contributed by atoms with Gasteiger partial charge in [-0.15, -0.1) is 0 Å². The molecule has 1 aromatic carbocycles. The zero-order chi connectivity index (χ0) is 17.3. The van der Waals surface area contributed by atoms with E-state index in [1.165, 1.54) is 5.56 Å². The maximum Gasteiger partial charge on any atom is 0.303 e. The van der Waals surface area contributed by atoms with Crippen LogP contribution in [0.25, 0.3) is 0 Å². The van der Waals surface area contributed by atoms with E-state index < -0.39 is 5.97 Å². The van der Waals surface area contributed by atoms with E-state index in [9.17, 15) is 4.79 Å². The fourth-order valence-electron chi connectivity index (χ4n) is 3.77. The second-order valence-corrected chi connectivity index (χ2v) is 7.12. The molecule has 0 aliphatic carbocycles. The predicted octanol–water partition coefficient (Wildman–Crippen LogP) is 5.33. The van der Waals surface area contributed by atoms with Crippen molar-refractivity contribution in [2.24, 2.45) is 11.3 Å². The number of ether oxygens (including phenoxy) is 1. The molecule has 1 aromatic rings. The van der Waals surface area contributed by atoms with Crippen molar-refractivity contribution in [3.8, 4) is 5.75 Å². The second kappa shape index (κ2) is 9.59. The van der Waals surface area contributed by atoms with Crippen LogP contribution >= 0.6 is 0 Å². The normalized spacial score (nSPS) is 13.8. The number of carboxylic acids is 1. The third kappa shape index (κ3) is 7.06. The third-order valence-corrected chi connectivity index (χ3v) is 4.46. The van der Waals surface area contributed by atoms with Crippen LogP contribution in [0.15, 0.2) is 24.3 Å². The highest BCUT2D eigenvalue weighted by atomic mass is 16.5. The maximum absolute atomic E-state index is 10.9. The molecule has 0 saturated heterocycles. The van der Waals surface area contributed by atoms with Gasteiger partial charge in [0.2, 0.25) is 0 Å². The first-order chi connectivity index (χ1) is 10.9. The first-order valence-electron chi connectivity index (χ1n) is 8.75. The van der Waals surface area contributed by atoms with Gasteiger partial charge in [0.1, 0.15) is 5.75 Å². The summed E-state index contributed by atoms with van der Waals surface area (Å²) in [5.74, 6) is 0.804. The molecule has 1 unspecified atom stereocenters. The van der Waals surface area contributed by atoms with Crippen molar-refractivity contribution in [3.63, 3.8) is 0 Å². The molecule has 0 amide bonds. The average molecular weight is 320 g/mol. The Morgan fingerprint density at radius 3 is 2.35 bits per heavy atom. The number of hydrogen-bond acceptors (Lipinski definition) is 2. The number of carbonyl (C=O) groups is 1. The Hall–Kier alpha value is -1.51. The van der Waals surface area contributed by atoms with Crippen LogP contribution in [0, 0.1) is 11.3 Å². The molecule has 1 N–H and O–H groups in total. The van der Waals surface area contributed by atoms with Crippen LogP contribution in [0.1, 0.15) is 64.9 Å². The molecule has 0 aliphatic rings. The SMILES string of the molecule is CCCC(CCCC(=O)O)(Cc1ccc(OC)cc1)CC(C)C. The monoisotopic (exact) mass is 320 g/mol. The summed E-state index contributed by atoms with van der Waals surface area (Å²) in [6.45, 7) is 6.74. The van der Waals surface area contributed by atoms with Gasteiger partial charge in [-0.2, -0.15) is 0 Å². The minimum atomic E-state index is -0.690. The van der Waals surface area contributed by atoms with Crippen LogP contribution in [0.5, 0.6) is 5.75 Å². The maximum atomic E-state index is 10.9. The van der Waals surface area contributed by atoms with Crippen molar-refractivity contribution in [2.75, 3.05) is 7.11 Å². The molecule has 0 saturated carbocycles. The van der Waals surface area contributed by atoms with Gasteiger partial charge >= 0.3 is 5.97 Å². The zero-order valence-electron chi connectivity index (χ0n) is 15.1. The van der Waals surface area contributed by atoms with Gasteiger partial charge < -0.3 is 9.84 Å². The summed E-state index contributed by atoms with van der Waals surface area (Å²) in [4.78, 5) is 10.9. The fraction of sp³-hybridized carbons (Fsp3) is 0.650. The summed E-state index contributed by atoms with van der Waals surface area (Å²) in [5.41, 5.74) is 1.52. The van der Waals surface area contributed by atoms with Gasteiger partial charge in [-0.3, -0.25) is 4.79 Å². The van der Waals surface area contributed by atoms with Crippen LogP contribution in [0.2, 0.25) is 0 Å². The van der Waals surface area contributed by atoms with Crippen molar-refractivity contribution in [1.82, 2.24) is 0 Å². The molecule has 0 heterocycles. The quantitative estimate of drug-likeness (QED) is 0.600. The first kappa shape index (κ1) is 19.5. The lowest BCUT2D eigenvalue weighted by atomic mass is 9.69. The Balaban J connectivity index is 2.90. The van der Waals surface area contributed by atoms with E-state index >= 15 is 0 Å². The molecule has 1 rings (SSSR count). The average Bonchev–Trinajstić information content (AvgIpc) is 2.47. The summed E-state index contributed by atoms with van der Waals surface area (Å²) >= 11 is 0. The minimum absolute atomic E-state index is 0.201. The van der Waals surface area contributed by atoms with E-state index in [4.69, 9.17) is 9.84 Å². The predicted molar refractivity (Wildman–Crippen MR) is 95.0 cm³/mol. The Morgan fingerprint density at radius 2 is 1.87 bits per heavy atom. The lowest BCUT2D eigenvalue weighted by Crippen LogP contribution is -2.26. The number of hydrogen-bond donors (Lipinski definition) is 1. The standard InChI is InChI=1S/C20H32O3/c1-5-12-20(14-16(2)3,13-6-7-19(21)22)15-17-8-10-18(23-4)11-9-17/h8-11,16H,5-7,12-15H2,1-4H3,(H,21,22). The molecule has 3 heteroatoms. The lowest BCUT2D eigenvalue weighted by Gasteiger charge is -2.36. The summed E-state index contributed by atoms with van der Waals surface area (Å²) in [7, 11) is 1.68. The number of benzene rings is 1. The van der Waals surface area contributed by atoms with E-state index in [1.54, 1.807) is 7.11 Å².